The number of hydrogen-bond donors (Lipinski definition) is 0. The highest BCUT2D eigenvalue weighted by atomic mass is 79.9. The molecule has 0 saturated carbocycles. The second kappa shape index (κ2) is 7.16. The van der Waals surface area contributed by atoms with Gasteiger partial charge in [0.2, 0.25) is 0 Å². The molecule has 0 aliphatic heterocycles. The second-order valence-electron chi connectivity index (χ2n) is 4.25. The number of aryl methyl sites for hydroxylation is 1. The Balaban J connectivity index is 1.94. The van der Waals surface area contributed by atoms with Crippen LogP contribution in [0.5, 0.6) is 11.5 Å². The van der Waals surface area contributed by atoms with E-state index >= 15 is 0 Å². The highest BCUT2D eigenvalue weighted by Crippen LogP contribution is 2.27. The summed E-state index contributed by atoms with van der Waals surface area (Å²) in [5.74, 6) is 0.333. The van der Waals surface area contributed by atoms with Gasteiger partial charge in [-0.2, -0.15) is 0 Å². The zero-order valence-corrected chi connectivity index (χ0v) is 14.1. The van der Waals surface area contributed by atoms with Crippen LogP contribution in [-0.4, -0.2) is 12.6 Å². The number of carbonyl (C=O) groups excluding carboxylic acids is 1. The van der Waals surface area contributed by atoms with E-state index in [0.717, 1.165) is 10.0 Å². The summed E-state index contributed by atoms with van der Waals surface area (Å²) < 4.78 is 11.4. The smallest absolute Gasteiger partial charge is 0.349 e. The molecule has 6 heteroatoms. The predicted octanol–water partition coefficient (Wildman–Crippen LogP) is 5.05. The molecule has 0 amide bonds. The number of halogens is 3. The van der Waals surface area contributed by atoms with Gasteiger partial charge in [0.25, 0.3) is 0 Å². The molecule has 0 atom stereocenters. The quantitative estimate of drug-likeness (QED) is 0.542. The molecule has 0 spiro atoms. The van der Waals surface area contributed by atoms with Crippen LogP contribution in [0.2, 0.25) is 10.0 Å². The highest BCUT2D eigenvalue weighted by Gasteiger charge is 2.09. The first kappa shape index (κ1) is 16.1. The Kier molecular flexibility index (Phi) is 5.51. The SMILES string of the molecule is Cc1cc(OC(=O)COc2ccc(Cl)cc2Cl)ccc1Br. The lowest BCUT2D eigenvalue weighted by atomic mass is 10.2. The van der Waals surface area contributed by atoms with Gasteiger partial charge in [0, 0.05) is 9.50 Å². The molecule has 2 aromatic carbocycles. The van der Waals surface area contributed by atoms with Crippen molar-refractivity contribution in [2.24, 2.45) is 0 Å². The second-order valence-corrected chi connectivity index (χ2v) is 5.95. The Bertz CT molecular complexity index is 674. The summed E-state index contributed by atoms with van der Waals surface area (Å²) in [5, 5.41) is 0.843. The summed E-state index contributed by atoms with van der Waals surface area (Å²) in [6.07, 6.45) is 0. The van der Waals surface area contributed by atoms with E-state index in [9.17, 15) is 4.79 Å². The number of carbonyl (C=O) groups is 1. The van der Waals surface area contributed by atoms with Crippen LogP contribution in [0.25, 0.3) is 0 Å². The molecule has 0 aliphatic rings. The molecule has 0 aliphatic carbocycles. The van der Waals surface area contributed by atoms with Gasteiger partial charge in [-0.1, -0.05) is 39.1 Å². The average molecular weight is 390 g/mol. The maximum absolute atomic E-state index is 11.7. The maximum atomic E-state index is 11.7. The van der Waals surface area contributed by atoms with Crippen molar-refractivity contribution in [3.05, 3.63) is 56.5 Å². The van der Waals surface area contributed by atoms with E-state index in [4.69, 9.17) is 32.7 Å². The number of ether oxygens (including phenoxy) is 2. The molecule has 21 heavy (non-hydrogen) atoms. The fraction of sp³-hybridized carbons (Fsp3) is 0.133. The van der Waals surface area contributed by atoms with Crippen molar-refractivity contribution >= 4 is 45.1 Å². The van der Waals surface area contributed by atoms with Gasteiger partial charge in [0.05, 0.1) is 5.02 Å². The van der Waals surface area contributed by atoms with Crippen molar-refractivity contribution in [2.45, 2.75) is 6.92 Å². The van der Waals surface area contributed by atoms with Crippen LogP contribution in [0.3, 0.4) is 0 Å². The molecule has 2 rings (SSSR count). The van der Waals surface area contributed by atoms with E-state index in [0.29, 0.717) is 21.5 Å². The Labute approximate surface area is 140 Å². The standard InChI is InChI=1S/C15H11BrCl2O3/c1-9-6-11(3-4-12(9)16)21-15(19)8-20-14-5-2-10(17)7-13(14)18/h2-7H,8H2,1H3. The lowest BCUT2D eigenvalue weighted by Crippen LogP contribution is -2.17. The van der Waals surface area contributed by atoms with Gasteiger partial charge >= 0.3 is 5.97 Å². The molecule has 0 radical (unpaired) electrons. The Morgan fingerprint density at radius 3 is 2.62 bits per heavy atom. The molecule has 0 saturated heterocycles. The average Bonchev–Trinajstić information content (AvgIpc) is 2.42. The van der Waals surface area contributed by atoms with E-state index in [1.54, 1.807) is 30.3 Å². The molecule has 0 bridgehead atoms. The van der Waals surface area contributed by atoms with Crippen LogP contribution in [0.1, 0.15) is 5.56 Å². The molecule has 0 aromatic heterocycles. The van der Waals surface area contributed by atoms with Gasteiger partial charge in [-0.05, 0) is 48.9 Å². The summed E-state index contributed by atoms with van der Waals surface area (Å²) in [6, 6.07) is 10.0. The van der Waals surface area contributed by atoms with Crippen molar-refractivity contribution in [2.75, 3.05) is 6.61 Å². The van der Waals surface area contributed by atoms with Crippen molar-refractivity contribution in [3.63, 3.8) is 0 Å². The summed E-state index contributed by atoms with van der Waals surface area (Å²) in [5.41, 5.74) is 0.974. The first-order valence-electron chi connectivity index (χ1n) is 6.00. The fourth-order valence-corrected chi connectivity index (χ4v) is 2.28. The van der Waals surface area contributed by atoms with Crippen LogP contribution in [0.15, 0.2) is 40.9 Å². The first-order chi connectivity index (χ1) is 9.95. The molecule has 0 heterocycles. The fourth-order valence-electron chi connectivity index (χ4n) is 1.57. The van der Waals surface area contributed by atoms with E-state index in [2.05, 4.69) is 15.9 Å². The topological polar surface area (TPSA) is 35.5 Å². The third kappa shape index (κ3) is 4.63. The van der Waals surface area contributed by atoms with Crippen LogP contribution < -0.4 is 9.47 Å². The third-order valence-electron chi connectivity index (χ3n) is 2.60. The van der Waals surface area contributed by atoms with Crippen LogP contribution in [0.4, 0.5) is 0 Å². The van der Waals surface area contributed by atoms with E-state index in [-0.39, 0.29) is 6.61 Å². The Hall–Kier alpha value is -1.23. The van der Waals surface area contributed by atoms with Crippen molar-refractivity contribution in [1.29, 1.82) is 0 Å². The molecule has 0 fully saturated rings. The zero-order chi connectivity index (χ0) is 15.4. The Morgan fingerprint density at radius 2 is 1.95 bits per heavy atom. The number of rotatable bonds is 4. The van der Waals surface area contributed by atoms with Gasteiger partial charge in [-0.25, -0.2) is 4.79 Å². The predicted molar refractivity (Wildman–Crippen MR) is 86.5 cm³/mol. The zero-order valence-electron chi connectivity index (χ0n) is 11.0. The first-order valence-corrected chi connectivity index (χ1v) is 7.55. The molecule has 0 unspecified atom stereocenters. The van der Waals surface area contributed by atoms with Gasteiger partial charge in [0.15, 0.2) is 6.61 Å². The van der Waals surface area contributed by atoms with Crippen molar-refractivity contribution < 1.29 is 14.3 Å². The van der Waals surface area contributed by atoms with E-state index in [1.165, 1.54) is 0 Å². The van der Waals surface area contributed by atoms with E-state index < -0.39 is 5.97 Å². The van der Waals surface area contributed by atoms with Crippen LogP contribution in [-0.2, 0) is 4.79 Å². The Morgan fingerprint density at radius 1 is 1.19 bits per heavy atom. The minimum Gasteiger partial charge on any atom is -0.480 e. The minimum atomic E-state index is -0.511. The van der Waals surface area contributed by atoms with E-state index in [1.807, 2.05) is 13.0 Å². The molecule has 0 N–H and O–H groups in total. The van der Waals surface area contributed by atoms with Gasteiger partial charge < -0.3 is 9.47 Å². The summed E-state index contributed by atoms with van der Waals surface area (Å²) >= 11 is 15.1. The van der Waals surface area contributed by atoms with Gasteiger partial charge in [0.1, 0.15) is 11.5 Å². The minimum absolute atomic E-state index is 0.240. The lowest BCUT2D eigenvalue weighted by molar-refractivity contribution is -0.136. The third-order valence-corrected chi connectivity index (χ3v) is 4.02. The van der Waals surface area contributed by atoms with Crippen LogP contribution >= 0.6 is 39.1 Å². The number of hydrogen-bond acceptors (Lipinski definition) is 3. The molecule has 2 aromatic rings. The molecular weight excluding hydrogens is 379 g/mol. The molecular formula is C15H11BrCl2O3. The lowest BCUT2D eigenvalue weighted by Gasteiger charge is -2.09. The monoisotopic (exact) mass is 388 g/mol. The molecule has 110 valence electrons. The van der Waals surface area contributed by atoms with Gasteiger partial charge in [-0.3, -0.25) is 0 Å². The highest BCUT2D eigenvalue weighted by molar-refractivity contribution is 9.10. The molecule has 3 nitrogen and oxygen atoms in total. The van der Waals surface area contributed by atoms with Crippen molar-refractivity contribution in [3.8, 4) is 11.5 Å². The van der Waals surface area contributed by atoms with Crippen molar-refractivity contribution in [1.82, 2.24) is 0 Å². The summed E-state index contributed by atoms with van der Waals surface area (Å²) in [4.78, 5) is 11.7. The largest absolute Gasteiger partial charge is 0.480 e. The summed E-state index contributed by atoms with van der Waals surface area (Å²) in [7, 11) is 0. The maximum Gasteiger partial charge on any atom is 0.349 e. The number of esters is 1. The summed E-state index contributed by atoms with van der Waals surface area (Å²) in [6.45, 7) is 1.67. The number of benzene rings is 2. The van der Waals surface area contributed by atoms with Crippen LogP contribution in [0, 0.1) is 6.92 Å². The van der Waals surface area contributed by atoms with Gasteiger partial charge in [-0.15, -0.1) is 0 Å². The normalized spacial score (nSPS) is 10.3.